The van der Waals surface area contributed by atoms with Gasteiger partial charge in [0.15, 0.2) is 0 Å². The number of nitrogens with one attached hydrogen (secondary N) is 1. The van der Waals surface area contributed by atoms with Gasteiger partial charge in [-0.1, -0.05) is 42.1 Å². The van der Waals surface area contributed by atoms with Gasteiger partial charge >= 0.3 is 5.97 Å². The van der Waals surface area contributed by atoms with Crippen LogP contribution in [-0.4, -0.2) is 33.9 Å². The maximum atomic E-state index is 11.7. The standard InChI is InChI=1S/C12H13NO4S/c1-8(14)13-10(11(15)16)7-18-12(17)9-5-3-2-4-6-9/h2-6,10H,7H2,1H3,(H,13,14)(H,15,16)/t10-/m0/s1. The molecule has 0 bridgehead atoms. The predicted molar refractivity (Wildman–Crippen MR) is 68.5 cm³/mol. The molecule has 0 saturated heterocycles. The van der Waals surface area contributed by atoms with Crippen LogP contribution in [0.1, 0.15) is 17.3 Å². The Morgan fingerprint density at radius 2 is 1.89 bits per heavy atom. The second-order valence-electron chi connectivity index (χ2n) is 3.56. The molecule has 0 aliphatic carbocycles. The Hall–Kier alpha value is -1.82. The van der Waals surface area contributed by atoms with Gasteiger partial charge < -0.3 is 10.4 Å². The van der Waals surface area contributed by atoms with Crippen molar-refractivity contribution in [3.63, 3.8) is 0 Å². The third-order valence-corrected chi connectivity index (χ3v) is 3.06. The molecule has 1 rings (SSSR count). The van der Waals surface area contributed by atoms with E-state index in [0.717, 1.165) is 11.8 Å². The Balaban J connectivity index is 2.55. The summed E-state index contributed by atoms with van der Waals surface area (Å²) in [5, 5.41) is 10.9. The van der Waals surface area contributed by atoms with Crippen molar-refractivity contribution < 1.29 is 19.5 Å². The number of hydrogen-bond acceptors (Lipinski definition) is 4. The molecule has 0 aliphatic heterocycles. The van der Waals surface area contributed by atoms with Crippen molar-refractivity contribution in [3.8, 4) is 0 Å². The van der Waals surface area contributed by atoms with E-state index in [-0.39, 0.29) is 10.9 Å². The van der Waals surface area contributed by atoms with Gasteiger partial charge in [-0.15, -0.1) is 0 Å². The third-order valence-electron chi connectivity index (χ3n) is 2.07. The van der Waals surface area contributed by atoms with Gasteiger partial charge in [-0.25, -0.2) is 4.79 Å². The molecule has 0 unspecified atom stereocenters. The topological polar surface area (TPSA) is 83.5 Å². The van der Waals surface area contributed by atoms with Gasteiger partial charge in [0.05, 0.1) is 0 Å². The first-order chi connectivity index (χ1) is 8.50. The Bertz CT molecular complexity index is 447. The van der Waals surface area contributed by atoms with Crippen molar-refractivity contribution in [3.05, 3.63) is 35.9 Å². The van der Waals surface area contributed by atoms with Crippen LogP contribution < -0.4 is 5.32 Å². The molecule has 1 aromatic rings. The molecular formula is C12H13NO4S. The first-order valence-corrected chi connectivity index (χ1v) is 6.21. The van der Waals surface area contributed by atoms with Crippen molar-refractivity contribution in [2.45, 2.75) is 13.0 Å². The summed E-state index contributed by atoms with van der Waals surface area (Å²) in [6.07, 6.45) is 0. The van der Waals surface area contributed by atoms with Gasteiger partial charge in [0.1, 0.15) is 6.04 Å². The van der Waals surface area contributed by atoms with Crippen molar-refractivity contribution >= 4 is 28.8 Å². The fraction of sp³-hybridized carbons (Fsp3) is 0.250. The van der Waals surface area contributed by atoms with Crippen LogP contribution in [0.3, 0.4) is 0 Å². The monoisotopic (exact) mass is 267 g/mol. The number of carbonyl (C=O) groups excluding carboxylic acids is 2. The zero-order valence-corrected chi connectivity index (χ0v) is 10.6. The maximum Gasteiger partial charge on any atom is 0.327 e. The van der Waals surface area contributed by atoms with E-state index in [1.807, 2.05) is 0 Å². The minimum absolute atomic E-state index is 0.00262. The molecule has 0 spiro atoms. The molecule has 5 nitrogen and oxygen atoms in total. The quantitative estimate of drug-likeness (QED) is 0.836. The maximum absolute atomic E-state index is 11.7. The summed E-state index contributed by atoms with van der Waals surface area (Å²) >= 11 is 0.873. The van der Waals surface area contributed by atoms with Gasteiger partial charge in [-0.3, -0.25) is 9.59 Å². The molecule has 0 aromatic heterocycles. The summed E-state index contributed by atoms with van der Waals surface area (Å²) in [6.45, 7) is 1.24. The molecule has 1 atom stereocenters. The second-order valence-corrected chi connectivity index (χ2v) is 4.55. The van der Waals surface area contributed by atoms with E-state index in [1.165, 1.54) is 6.92 Å². The fourth-order valence-electron chi connectivity index (χ4n) is 1.24. The van der Waals surface area contributed by atoms with Crippen molar-refractivity contribution in [2.24, 2.45) is 0 Å². The van der Waals surface area contributed by atoms with Gasteiger partial charge in [0.2, 0.25) is 11.0 Å². The van der Waals surface area contributed by atoms with Crippen molar-refractivity contribution in [2.75, 3.05) is 5.75 Å². The largest absolute Gasteiger partial charge is 0.480 e. The molecule has 96 valence electrons. The Morgan fingerprint density at radius 3 is 2.39 bits per heavy atom. The highest BCUT2D eigenvalue weighted by molar-refractivity contribution is 8.14. The number of thioether (sulfide) groups is 1. The van der Waals surface area contributed by atoms with Crippen LogP contribution >= 0.6 is 11.8 Å². The fourth-order valence-corrected chi connectivity index (χ4v) is 2.08. The predicted octanol–water partition coefficient (Wildman–Crippen LogP) is 1.15. The first kappa shape index (κ1) is 14.2. The number of carboxylic acid groups (broad SMARTS) is 1. The number of carboxylic acids is 1. The van der Waals surface area contributed by atoms with Crippen LogP contribution in [0.2, 0.25) is 0 Å². The van der Waals surface area contributed by atoms with Gasteiger partial charge in [0.25, 0.3) is 0 Å². The smallest absolute Gasteiger partial charge is 0.327 e. The lowest BCUT2D eigenvalue weighted by Gasteiger charge is -2.11. The highest BCUT2D eigenvalue weighted by Crippen LogP contribution is 2.13. The molecule has 0 fully saturated rings. The first-order valence-electron chi connectivity index (χ1n) is 5.23. The third kappa shape index (κ3) is 4.58. The van der Waals surface area contributed by atoms with E-state index in [1.54, 1.807) is 30.3 Å². The SMILES string of the molecule is CC(=O)N[C@@H](CSC(=O)c1ccccc1)C(=O)O. The van der Waals surface area contributed by atoms with Crippen LogP contribution in [0.5, 0.6) is 0 Å². The number of rotatable bonds is 5. The summed E-state index contributed by atoms with van der Waals surface area (Å²) in [5.74, 6) is -1.59. The summed E-state index contributed by atoms with van der Waals surface area (Å²) in [4.78, 5) is 33.4. The van der Waals surface area contributed by atoms with E-state index in [4.69, 9.17) is 5.11 Å². The number of amides is 1. The molecule has 6 heteroatoms. The number of carbonyl (C=O) groups is 3. The van der Waals surface area contributed by atoms with Crippen LogP contribution in [0.15, 0.2) is 30.3 Å². The lowest BCUT2D eigenvalue weighted by molar-refractivity contribution is -0.140. The Kier molecular flexibility index (Phi) is 5.38. The lowest BCUT2D eigenvalue weighted by Crippen LogP contribution is -2.41. The summed E-state index contributed by atoms with van der Waals surface area (Å²) in [6, 6.07) is 7.51. The normalized spacial score (nSPS) is 11.6. The van der Waals surface area contributed by atoms with Crippen LogP contribution in [0.4, 0.5) is 0 Å². The van der Waals surface area contributed by atoms with E-state index >= 15 is 0 Å². The average Bonchev–Trinajstić information content (AvgIpc) is 2.34. The minimum Gasteiger partial charge on any atom is -0.480 e. The number of aliphatic carboxylic acids is 1. The van der Waals surface area contributed by atoms with Gasteiger partial charge in [0, 0.05) is 18.2 Å². The second kappa shape index (κ2) is 6.80. The van der Waals surface area contributed by atoms with Crippen molar-refractivity contribution in [1.29, 1.82) is 0 Å². The molecule has 1 aromatic carbocycles. The summed E-state index contributed by atoms with van der Waals surface area (Å²) in [5.41, 5.74) is 0.509. The van der Waals surface area contributed by atoms with Crippen LogP contribution in [0.25, 0.3) is 0 Å². The highest BCUT2D eigenvalue weighted by Gasteiger charge is 2.20. The molecule has 2 N–H and O–H groups in total. The molecule has 18 heavy (non-hydrogen) atoms. The minimum atomic E-state index is -1.15. The Morgan fingerprint density at radius 1 is 1.28 bits per heavy atom. The number of hydrogen-bond donors (Lipinski definition) is 2. The molecular weight excluding hydrogens is 254 g/mol. The molecule has 1 amide bonds. The molecule has 0 saturated carbocycles. The Labute approximate surface area is 109 Å². The van der Waals surface area contributed by atoms with E-state index in [2.05, 4.69) is 5.32 Å². The van der Waals surface area contributed by atoms with Crippen molar-refractivity contribution in [1.82, 2.24) is 5.32 Å². The van der Waals surface area contributed by atoms with E-state index in [9.17, 15) is 14.4 Å². The highest BCUT2D eigenvalue weighted by atomic mass is 32.2. The van der Waals surface area contributed by atoms with Crippen LogP contribution in [0, 0.1) is 0 Å². The molecule has 0 aliphatic rings. The zero-order valence-electron chi connectivity index (χ0n) is 9.75. The molecule has 0 heterocycles. The summed E-state index contributed by atoms with van der Waals surface area (Å²) in [7, 11) is 0. The van der Waals surface area contributed by atoms with E-state index in [0.29, 0.717) is 5.56 Å². The summed E-state index contributed by atoms with van der Waals surface area (Å²) < 4.78 is 0. The van der Waals surface area contributed by atoms with Crippen LogP contribution in [-0.2, 0) is 9.59 Å². The van der Waals surface area contributed by atoms with E-state index < -0.39 is 17.9 Å². The molecule has 0 radical (unpaired) electrons. The van der Waals surface area contributed by atoms with Gasteiger partial charge in [-0.05, 0) is 0 Å². The zero-order chi connectivity index (χ0) is 13.5. The van der Waals surface area contributed by atoms with Gasteiger partial charge in [-0.2, -0.15) is 0 Å². The lowest BCUT2D eigenvalue weighted by atomic mass is 10.2. The average molecular weight is 267 g/mol. The number of benzene rings is 1.